The highest BCUT2D eigenvalue weighted by Gasteiger charge is 2.25. The minimum Gasteiger partial charge on any atom is -0.368 e. The van der Waals surface area contributed by atoms with Crippen LogP contribution in [0.2, 0.25) is 0 Å². The molecule has 0 saturated carbocycles. The quantitative estimate of drug-likeness (QED) is 0.622. The van der Waals surface area contributed by atoms with Crippen LogP contribution >= 0.6 is 0 Å². The average molecular weight is 430 g/mol. The number of rotatable bonds is 4. The van der Waals surface area contributed by atoms with E-state index in [0.717, 1.165) is 48.3 Å². The Balaban J connectivity index is 1.34. The Hall–Kier alpha value is -3.34. The number of carbonyl (C=O) groups is 2. The Kier molecular flexibility index (Phi) is 6.17. The van der Waals surface area contributed by atoms with Crippen molar-refractivity contribution >= 4 is 34.0 Å². The maximum atomic E-state index is 12.7. The van der Waals surface area contributed by atoms with E-state index in [2.05, 4.69) is 31.0 Å². The van der Waals surface area contributed by atoms with Gasteiger partial charge in [0.15, 0.2) is 0 Å². The summed E-state index contributed by atoms with van der Waals surface area (Å²) >= 11 is 0. The van der Waals surface area contributed by atoms with Crippen LogP contribution in [-0.2, 0) is 4.79 Å². The van der Waals surface area contributed by atoms with Gasteiger partial charge in [0.25, 0.3) is 5.91 Å². The normalized spacial score (nSPS) is 14.5. The first-order valence-corrected chi connectivity index (χ1v) is 11.2. The van der Waals surface area contributed by atoms with Crippen molar-refractivity contribution in [3.05, 3.63) is 72.3 Å². The first-order chi connectivity index (χ1) is 15.3. The lowest BCUT2D eigenvalue weighted by Crippen LogP contribution is -2.49. The molecule has 1 saturated heterocycles. The summed E-state index contributed by atoms with van der Waals surface area (Å²) in [6, 6.07) is 21.7. The van der Waals surface area contributed by atoms with Crippen LogP contribution in [0, 0.1) is 5.41 Å². The third-order valence-corrected chi connectivity index (χ3v) is 5.82. The molecule has 1 aliphatic rings. The molecule has 1 fully saturated rings. The lowest BCUT2D eigenvalue weighted by molar-refractivity contribution is -0.133. The van der Waals surface area contributed by atoms with Gasteiger partial charge in [0.2, 0.25) is 5.91 Å². The van der Waals surface area contributed by atoms with Crippen molar-refractivity contribution in [2.24, 2.45) is 5.41 Å². The van der Waals surface area contributed by atoms with Crippen LogP contribution in [0.4, 0.5) is 11.4 Å². The first kappa shape index (κ1) is 21.9. The van der Waals surface area contributed by atoms with E-state index in [9.17, 15) is 9.59 Å². The lowest BCUT2D eigenvalue weighted by Gasteiger charge is -2.37. The molecule has 0 spiro atoms. The highest BCUT2D eigenvalue weighted by molar-refractivity contribution is 6.06. The Morgan fingerprint density at radius 2 is 1.50 bits per heavy atom. The molecular formula is C27H31N3O2. The molecule has 0 aromatic heterocycles. The smallest absolute Gasteiger partial charge is 0.255 e. The highest BCUT2D eigenvalue weighted by Crippen LogP contribution is 2.23. The molecule has 1 aliphatic heterocycles. The number of carbonyl (C=O) groups excluding carboxylic acids is 2. The zero-order valence-electron chi connectivity index (χ0n) is 19.1. The number of hydrogen-bond acceptors (Lipinski definition) is 3. The summed E-state index contributed by atoms with van der Waals surface area (Å²) in [5.74, 6) is 0.123. The molecule has 4 rings (SSSR count). The number of nitrogens with zero attached hydrogens (tertiary/aromatic N) is 2. The topological polar surface area (TPSA) is 52.7 Å². The van der Waals surface area contributed by atoms with Crippen LogP contribution in [0.5, 0.6) is 0 Å². The van der Waals surface area contributed by atoms with Crippen molar-refractivity contribution in [2.45, 2.75) is 27.2 Å². The summed E-state index contributed by atoms with van der Waals surface area (Å²) in [5, 5.41) is 5.16. The van der Waals surface area contributed by atoms with E-state index >= 15 is 0 Å². The molecule has 0 bridgehead atoms. The van der Waals surface area contributed by atoms with Gasteiger partial charge in [-0.05, 0) is 52.6 Å². The molecule has 166 valence electrons. The van der Waals surface area contributed by atoms with Crippen molar-refractivity contribution in [2.75, 3.05) is 36.4 Å². The number of hydrogen-bond donors (Lipinski definition) is 1. The summed E-state index contributed by atoms with van der Waals surface area (Å²) in [6.45, 7) is 9.42. The maximum Gasteiger partial charge on any atom is 0.255 e. The first-order valence-electron chi connectivity index (χ1n) is 11.2. The van der Waals surface area contributed by atoms with Gasteiger partial charge in [0.1, 0.15) is 0 Å². The number of amides is 2. The monoisotopic (exact) mass is 429 g/mol. The summed E-state index contributed by atoms with van der Waals surface area (Å²) < 4.78 is 0. The van der Waals surface area contributed by atoms with Crippen LogP contribution in [0.25, 0.3) is 10.8 Å². The Bertz CT molecular complexity index is 1110. The second-order valence-corrected chi connectivity index (χ2v) is 9.67. The van der Waals surface area contributed by atoms with Crippen LogP contribution in [0.3, 0.4) is 0 Å². The molecule has 2 amide bonds. The zero-order valence-corrected chi connectivity index (χ0v) is 19.1. The molecular weight excluding hydrogens is 398 g/mol. The van der Waals surface area contributed by atoms with E-state index in [1.165, 1.54) is 0 Å². The Morgan fingerprint density at radius 3 is 2.16 bits per heavy atom. The molecule has 5 nitrogen and oxygen atoms in total. The van der Waals surface area contributed by atoms with Gasteiger partial charge in [-0.1, -0.05) is 51.1 Å². The number of nitrogens with one attached hydrogen (secondary N) is 1. The predicted molar refractivity (Wildman–Crippen MR) is 131 cm³/mol. The van der Waals surface area contributed by atoms with Gasteiger partial charge in [-0.3, -0.25) is 9.59 Å². The van der Waals surface area contributed by atoms with E-state index in [0.29, 0.717) is 12.0 Å². The molecule has 1 heterocycles. The summed E-state index contributed by atoms with van der Waals surface area (Å²) in [7, 11) is 0. The van der Waals surface area contributed by atoms with Crippen LogP contribution in [0.1, 0.15) is 37.6 Å². The molecule has 0 radical (unpaired) electrons. The van der Waals surface area contributed by atoms with Gasteiger partial charge in [0, 0.05) is 49.5 Å². The van der Waals surface area contributed by atoms with Gasteiger partial charge < -0.3 is 15.1 Å². The fourth-order valence-electron chi connectivity index (χ4n) is 4.07. The molecule has 5 heteroatoms. The van der Waals surface area contributed by atoms with E-state index in [1.807, 2.05) is 71.6 Å². The maximum absolute atomic E-state index is 12.7. The molecule has 32 heavy (non-hydrogen) atoms. The summed E-state index contributed by atoms with van der Waals surface area (Å²) in [4.78, 5) is 29.4. The minimum atomic E-state index is -0.116. The molecule has 0 unspecified atom stereocenters. The van der Waals surface area contributed by atoms with Crippen molar-refractivity contribution in [3.63, 3.8) is 0 Å². The Labute approximate surface area is 190 Å². The number of benzene rings is 3. The average Bonchev–Trinajstić information content (AvgIpc) is 2.78. The van der Waals surface area contributed by atoms with E-state index < -0.39 is 0 Å². The van der Waals surface area contributed by atoms with E-state index in [4.69, 9.17) is 0 Å². The third kappa shape index (κ3) is 5.28. The van der Waals surface area contributed by atoms with Crippen molar-refractivity contribution in [1.82, 2.24) is 4.90 Å². The predicted octanol–water partition coefficient (Wildman–Crippen LogP) is 5.18. The van der Waals surface area contributed by atoms with Gasteiger partial charge in [-0.2, -0.15) is 0 Å². The van der Waals surface area contributed by atoms with Crippen molar-refractivity contribution in [1.29, 1.82) is 0 Å². The lowest BCUT2D eigenvalue weighted by atomic mass is 9.91. The van der Waals surface area contributed by atoms with Crippen LogP contribution in [0.15, 0.2) is 66.7 Å². The zero-order chi connectivity index (χ0) is 22.7. The van der Waals surface area contributed by atoms with Crippen molar-refractivity contribution < 1.29 is 9.59 Å². The summed E-state index contributed by atoms with van der Waals surface area (Å²) in [6.07, 6.45) is 0.582. The number of anilines is 2. The largest absolute Gasteiger partial charge is 0.368 e. The Morgan fingerprint density at radius 1 is 0.844 bits per heavy atom. The van der Waals surface area contributed by atoms with Crippen LogP contribution in [-0.4, -0.2) is 42.9 Å². The molecule has 0 aliphatic carbocycles. The highest BCUT2D eigenvalue weighted by atomic mass is 16.2. The molecule has 0 atom stereocenters. The minimum absolute atomic E-state index is 0.0152. The second kappa shape index (κ2) is 9.03. The van der Waals surface area contributed by atoms with E-state index in [1.54, 1.807) is 0 Å². The van der Waals surface area contributed by atoms with Gasteiger partial charge in [-0.15, -0.1) is 0 Å². The molecule has 3 aromatic carbocycles. The van der Waals surface area contributed by atoms with Gasteiger partial charge in [0.05, 0.1) is 0 Å². The van der Waals surface area contributed by atoms with E-state index in [-0.39, 0.29) is 17.2 Å². The fourth-order valence-corrected chi connectivity index (χ4v) is 4.07. The fraction of sp³-hybridized carbons (Fsp3) is 0.333. The van der Waals surface area contributed by atoms with Crippen molar-refractivity contribution in [3.8, 4) is 0 Å². The van der Waals surface area contributed by atoms with Gasteiger partial charge >= 0.3 is 0 Å². The molecule has 3 aromatic rings. The number of piperazine rings is 1. The van der Waals surface area contributed by atoms with Gasteiger partial charge in [-0.25, -0.2) is 0 Å². The van der Waals surface area contributed by atoms with Crippen LogP contribution < -0.4 is 10.2 Å². The molecule has 1 N–H and O–H groups in total. The summed E-state index contributed by atoms with van der Waals surface area (Å²) in [5.41, 5.74) is 2.53. The standard InChI is InChI=1S/C27H31N3O2/c1-27(2,3)19-25(31)30-16-14-29(15-17-30)24-12-10-23(11-13-24)28-26(32)22-9-8-20-6-4-5-7-21(20)18-22/h4-13,18H,14-17,19H2,1-3H3,(H,28,32). The SMILES string of the molecule is CC(C)(C)CC(=O)N1CCN(c2ccc(NC(=O)c3ccc4ccccc4c3)cc2)CC1. The second-order valence-electron chi connectivity index (χ2n) is 9.67. The third-order valence-electron chi connectivity index (χ3n) is 5.82. The number of fused-ring (bicyclic) bond motifs is 1.